The van der Waals surface area contributed by atoms with E-state index < -0.39 is 11.9 Å². The van der Waals surface area contributed by atoms with Crippen molar-refractivity contribution in [2.75, 3.05) is 5.32 Å². The maximum Gasteiger partial charge on any atom is 0.337 e. The van der Waals surface area contributed by atoms with Gasteiger partial charge >= 0.3 is 5.97 Å². The number of hydrogen-bond donors (Lipinski definition) is 2. The summed E-state index contributed by atoms with van der Waals surface area (Å²) < 4.78 is 1.32. The first-order valence-corrected chi connectivity index (χ1v) is 5.70. The lowest BCUT2D eigenvalue weighted by molar-refractivity contribution is 0.0698. The third-order valence-electron chi connectivity index (χ3n) is 2.49. The van der Waals surface area contributed by atoms with Crippen LogP contribution in [0, 0.1) is 0 Å². The second kappa shape index (κ2) is 5.11. The maximum absolute atomic E-state index is 12.0. The van der Waals surface area contributed by atoms with Gasteiger partial charge in [0.1, 0.15) is 5.69 Å². The number of carboxylic acids is 1. The number of carboxylic acid groups (broad SMARTS) is 1. The monoisotopic (exact) mass is 279 g/mol. The average Bonchev–Trinajstić information content (AvgIpc) is 2.69. The summed E-state index contributed by atoms with van der Waals surface area (Å²) in [4.78, 5) is 23.0. The topological polar surface area (TPSA) is 84.2 Å². The molecule has 0 aliphatic carbocycles. The van der Waals surface area contributed by atoms with Crippen molar-refractivity contribution in [3.63, 3.8) is 0 Å². The minimum atomic E-state index is -1.11. The summed E-state index contributed by atoms with van der Waals surface area (Å²) in [6, 6.07) is 7.55. The number of carbonyl (C=O) groups is 2. The second-order valence-corrected chi connectivity index (χ2v) is 4.17. The summed E-state index contributed by atoms with van der Waals surface area (Å²) >= 11 is 5.69. The summed E-state index contributed by atoms with van der Waals surface area (Å²) in [7, 11) is 1.57. The number of rotatable bonds is 3. The third-order valence-corrected chi connectivity index (χ3v) is 2.67. The lowest BCUT2D eigenvalue weighted by atomic mass is 10.2. The van der Waals surface area contributed by atoms with Crippen molar-refractivity contribution in [3.8, 4) is 0 Å². The molecule has 0 radical (unpaired) electrons. The summed E-state index contributed by atoms with van der Waals surface area (Å²) in [5, 5.41) is 15.6. The number of hydrogen-bond acceptors (Lipinski definition) is 3. The Morgan fingerprint density at radius 2 is 2.05 bits per heavy atom. The van der Waals surface area contributed by atoms with Crippen LogP contribution in [0.1, 0.15) is 20.8 Å². The van der Waals surface area contributed by atoms with E-state index >= 15 is 0 Å². The molecule has 2 N–H and O–H groups in total. The van der Waals surface area contributed by atoms with Gasteiger partial charge in [0.15, 0.2) is 5.15 Å². The number of halogens is 1. The second-order valence-electron chi connectivity index (χ2n) is 3.78. The lowest BCUT2D eigenvalue weighted by Gasteiger charge is -2.07. The molecule has 0 unspecified atom stereocenters. The molecule has 0 aliphatic heterocycles. The van der Waals surface area contributed by atoms with Crippen LogP contribution in [0.25, 0.3) is 0 Å². The zero-order valence-electron chi connectivity index (χ0n) is 9.92. The largest absolute Gasteiger partial charge is 0.478 e. The van der Waals surface area contributed by atoms with Crippen LogP contribution in [0.15, 0.2) is 30.3 Å². The number of aromatic nitrogens is 2. The molecule has 0 bridgehead atoms. The van der Waals surface area contributed by atoms with Crippen LogP contribution in [-0.4, -0.2) is 26.8 Å². The van der Waals surface area contributed by atoms with Crippen molar-refractivity contribution in [3.05, 3.63) is 46.7 Å². The van der Waals surface area contributed by atoms with E-state index in [1.54, 1.807) is 19.2 Å². The summed E-state index contributed by atoms with van der Waals surface area (Å²) in [6.45, 7) is 0. The average molecular weight is 280 g/mol. The van der Waals surface area contributed by atoms with Gasteiger partial charge in [-0.1, -0.05) is 23.7 Å². The first-order chi connectivity index (χ1) is 8.99. The molecule has 19 heavy (non-hydrogen) atoms. The van der Waals surface area contributed by atoms with Crippen LogP contribution in [0.2, 0.25) is 5.15 Å². The van der Waals surface area contributed by atoms with E-state index in [0.29, 0.717) is 0 Å². The Labute approximate surface area is 113 Å². The fourth-order valence-electron chi connectivity index (χ4n) is 1.61. The standard InChI is InChI=1S/C12H10ClN3O3/c1-16-9(6-10(13)15-16)11(17)14-8-5-3-2-4-7(8)12(18)19/h2-6H,1H3,(H,14,17)(H,18,19). The Balaban J connectivity index is 2.29. The van der Waals surface area contributed by atoms with E-state index in [4.69, 9.17) is 16.7 Å². The van der Waals surface area contributed by atoms with Gasteiger partial charge in [0.25, 0.3) is 5.91 Å². The Bertz CT molecular complexity index is 651. The SMILES string of the molecule is Cn1nc(Cl)cc1C(=O)Nc1ccccc1C(=O)O. The molecule has 0 saturated heterocycles. The van der Waals surface area contributed by atoms with Gasteiger partial charge in [-0.05, 0) is 12.1 Å². The van der Waals surface area contributed by atoms with Gasteiger partial charge in [-0.2, -0.15) is 5.10 Å². The van der Waals surface area contributed by atoms with E-state index in [9.17, 15) is 9.59 Å². The molecule has 1 aromatic carbocycles. The highest BCUT2D eigenvalue weighted by Crippen LogP contribution is 2.17. The molecular weight excluding hydrogens is 270 g/mol. The van der Waals surface area contributed by atoms with Crippen LogP contribution in [0.5, 0.6) is 0 Å². The highest BCUT2D eigenvalue weighted by molar-refractivity contribution is 6.29. The molecule has 0 aliphatic rings. The van der Waals surface area contributed by atoms with Crippen molar-refractivity contribution < 1.29 is 14.7 Å². The number of para-hydroxylation sites is 1. The van der Waals surface area contributed by atoms with E-state index in [2.05, 4.69) is 10.4 Å². The van der Waals surface area contributed by atoms with E-state index in [1.807, 2.05) is 0 Å². The Morgan fingerprint density at radius 1 is 1.37 bits per heavy atom. The fourth-order valence-corrected chi connectivity index (χ4v) is 1.83. The summed E-state index contributed by atoms with van der Waals surface area (Å²) in [5.41, 5.74) is 0.478. The number of aromatic carboxylic acids is 1. The van der Waals surface area contributed by atoms with E-state index in [0.717, 1.165) is 0 Å². The van der Waals surface area contributed by atoms with Crippen LogP contribution in [0.4, 0.5) is 5.69 Å². The van der Waals surface area contributed by atoms with Gasteiger partial charge in [-0.25, -0.2) is 4.79 Å². The highest BCUT2D eigenvalue weighted by atomic mass is 35.5. The lowest BCUT2D eigenvalue weighted by Crippen LogP contribution is -2.17. The van der Waals surface area contributed by atoms with Crippen LogP contribution >= 0.6 is 11.6 Å². The Morgan fingerprint density at radius 3 is 2.63 bits per heavy atom. The predicted octanol–water partition coefficient (Wildman–Crippen LogP) is 2.02. The molecule has 1 heterocycles. The van der Waals surface area contributed by atoms with Gasteiger partial charge < -0.3 is 10.4 Å². The minimum absolute atomic E-state index is 0.0177. The molecule has 7 heteroatoms. The quantitative estimate of drug-likeness (QED) is 0.900. The van der Waals surface area contributed by atoms with Crippen LogP contribution in [-0.2, 0) is 7.05 Å². The molecule has 2 aromatic rings. The molecule has 6 nitrogen and oxygen atoms in total. The van der Waals surface area contributed by atoms with Gasteiger partial charge in [0.2, 0.25) is 0 Å². The van der Waals surface area contributed by atoms with Crippen molar-refractivity contribution >= 4 is 29.2 Å². The summed E-state index contributed by atoms with van der Waals surface area (Å²) in [5.74, 6) is -1.59. The normalized spacial score (nSPS) is 10.2. The van der Waals surface area contributed by atoms with E-state index in [1.165, 1.54) is 22.9 Å². The predicted molar refractivity (Wildman–Crippen MR) is 69.6 cm³/mol. The molecule has 0 saturated carbocycles. The first kappa shape index (κ1) is 13.1. The third kappa shape index (κ3) is 2.74. The van der Waals surface area contributed by atoms with Crippen molar-refractivity contribution in [1.82, 2.24) is 9.78 Å². The van der Waals surface area contributed by atoms with Crippen molar-refractivity contribution in [1.29, 1.82) is 0 Å². The number of nitrogens with one attached hydrogen (secondary N) is 1. The van der Waals surface area contributed by atoms with Crippen molar-refractivity contribution in [2.24, 2.45) is 7.05 Å². The molecule has 0 fully saturated rings. The van der Waals surface area contributed by atoms with Crippen molar-refractivity contribution in [2.45, 2.75) is 0 Å². The molecule has 1 amide bonds. The van der Waals surface area contributed by atoms with Gasteiger partial charge in [-0.3, -0.25) is 9.48 Å². The first-order valence-electron chi connectivity index (χ1n) is 5.32. The molecule has 2 rings (SSSR count). The minimum Gasteiger partial charge on any atom is -0.478 e. The van der Waals surface area contributed by atoms with E-state index in [-0.39, 0.29) is 22.1 Å². The van der Waals surface area contributed by atoms with Crippen LogP contribution < -0.4 is 5.32 Å². The molecule has 0 spiro atoms. The van der Waals surface area contributed by atoms with Gasteiger partial charge in [-0.15, -0.1) is 0 Å². The molecule has 98 valence electrons. The molecular formula is C12H10ClN3O3. The number of benzene rings is 1. The molecule has 1 aromatic heterocycles. The Hall–Kier alpha value is -2.34. The number of carbonyl (C=O) groups excluding carboxylic acids is 1. The fraction of sp³-hybridized carbons (Fsp3) is 0.0833. The Kier molecular flexibility index (Phi) is 3.52. The van der Waals surface area contributed by atoms with Gasteiger partial charge in [0, 0.05) is 13.1 Å². The molecule has 0 atom stereocenters. The zero-order valence-corrected chi connectivity index (χ0v) is 10.7. The number of anilines is 1. The number of nitrogens with zero attached hydrogens (tertiary/aromatic N) is 2. The maximum atomic E-state index is 12.0. The highest BCUT2D eigenvalue weighted by Gasteiger charge is 2.16. The number of amides is 1. The van der Waals surface area contributed by atoms with Gasteiger partial charge in [0.05, 0.1) is 11.3 Å². The zero-order chi connectivity index (χ0) is 14.0. The number of aryl methyl sites for hydroxylation is 1. The van der Waals surface area contributed by atoms with Crippen LogP contribution in [0.3, 0.4) is 0 Å². The smallest absolute Gasteiger partial charge is 0.337 e. The summed E-state index contributed by atoms with van der Waals surface area (Å²) in [6.07, 6.45) is 0.